The summed E-state index contributed by atoms with van der Waals surface area (Å²) < 4.78 is 0. The highest BCUT2D eigenvalue weighted by Gasteiger charge is 2.43. The van der Waals surface area contributed by atoms with Gasteiger partial charge in [-0.3, -0.25) is 4.79 Å². The SMILES string of the molecule is CN(C)c1nc2c(c(N3C[C@@H]4CNC(=O)[C@@H]4C3)n1)CCCC2. The number of aromatic nitrogens is 2. The van der Waals surface area contributed by atoms with E-state index in [1.807, 2.05) is 19.0 Å². The Hall–Kier alpha value is -1.85. The van der Waals surface area contributed by atoms with Crippen LogP contribution in [0.2, 0.25) is 0 Å². The fourth-order valence-corrected chi connectivity index (χ4v) is 3.93. The Labute approximate surface area is 130 Å². The Balaban J connectivity index is 1.71. The first-order chi connectivity index (χ1) is 10.6. The molecule has 1 amide bonds. The lowest BCUT2D eigenvalue weighted by Crippen LogP contribution is -2.31. The van der Waals surface area contributed by atoms with Crippen LogP contribution in [0, 0.1) is 11.8 Å². The molecule has 2 atom stereocenters. The fourth-order valence-electron chi connectivity index (χ4n) is 3.93. The van der Waals surface area contributed by atoms with Gasteiger partial charge < -0.3 is 15.1 Å². The van der Waals surface area contributed by atoms with Crippen molar-refractivity contribution < 1.29 is 4.79 Å². The molecule has 0 bridgehead atoms. The van der Waals surface area contributed by atoms with Gasteiger partial charge in [0.1, 0.15) is 5.82 Å². The molecule has 4 rings (SSSR count). The molecule has 0 unspecified atom stereocenters. The standard InChI is InChI=1S/C16H23N5O/c1-20(2)16-18-13-6-4-3-5-11(13)14(19-16)21-8-10-7-17-15(22)12(10)9-21/h10,12H,3-9H2,1-2H3,(H,17,22)/t10-,12+/m0/s1. The lowest BCUT2D eigenvalue weighted by atomic mass is 9.96. The van der Waals surface area contributed by atoms with E-state index in [1.54, 1.807) is 0 Å². The molecule has 2 saturated heterocycles. The molecule has 1 aromatic rings. The predicted octanol–water partition coefficient (Wildman–Crippen LogP) is 0.604. The van der Waals surface area contributed by atoms with Crippen LogP contribution in [0.5, 0.6) is 0 Å². The van der Waals surface area contributed by atoms with E-state index in [0.717, 1.165) is 44.2 Å². The molecule has 0 saturated carbocycles. The van der Waals surface area contributed by atoms with Gasteiger partial charge in [-0.2, -0.15) is 4.98 Å². The molecule has 6 heteroatoms. The minimum Gasteiger partial charge on any atom is -0.355 e. The average molecular weight is 301 g/mol. The molecular formula is C16H23N5O. The molecule has 3 heterocycles. The Morgan fingerprint density at radius 1 is 1.18 bits per heavy atom. The summed E-state index contributed by atoms with van der Waals surface area (Å²) in [6.07, 6.45) is 4.54. The van der Waals surface area contributed by atoms with Crippen LogP contribution < -0.4 is 15.1 Å². The molecule has 0 aromatic carbocycles. The largest absolute Gasteiger partial charge is 0.355 e. The second-order valence-electron chi connectivity index (χ2n) is 6.89. The third kappa shape index (κ3) is 2.12. The molecule has 1 aliphatic carbocycles. The van der Waals surface area contributed by atoms with Crippen LogP contribution in [-0.2, 0) is 17.6 Å². The van der Waals surface area contributed by atoms with Crippen LogP contribution >= 0.6 is 0 Å². The van der Waals surface area contributed by atoms with Crippen molar-refractivity contribution in [3.8, 4) is 0 Å². The van der Waals surface area contributed by atoms with Gasteiger partial charge in [-0.15, -0.1) is 0 Å². The van der Waals surface area contributed by atoms with Gasteiger partial charge in [-0.25, -0.2) is 4.98 Å². The van der Waals surface area contributed by atoms with Gasteiger partial charge in [-0.05, 0) is 25.7 Å². The van der Waals surface area contributed by atoms with Crippen LogP contribution in [0.1, 0.15) is 24.1 Å². The second kappa shape index (κ2) is 5.11. The monoisotopic (exact) mass is 301 g/mol. The number of rotatable bonds is 2. The molecular weight excluding hydrogens is 278 g/mol. The van der Waals surface area contributed by atoms with Crippen molar-refractivity contribution in [3.05, 3.63) is 11.3 Å². The molecule has 2 aliphatic heterocycles. The lowest BCUT2D eigenvalue weighted by Gasteiger charge is -2.27. The minimum atomic E-state index is 0.136. The normalized spacial score (nSPS) is 26.6. The zero-order valence-electron chi connectivity index (χ0n) is 13.3. The lowest BCUT2D eigenvalue weighted by molar-refractivity contribution is -0.122. The van der Waals surface area contributed by atoms with Gasteiger partial charge in [0.15, 0.2) is 0 Å². The molecule has 6 nitrogen and oxygen atoms in total. The zero-order valence-corrected chi connectivity index (χ0v) is 13.3. The Morgan fingerprint density at radius 3 is 2.77 bits per heavy atom. The molecule has 1 aromatic heterocycles. The number of hydrogen-bond acceptors (Lipinski definition) is 5. The van der Waals surface area contributed by atoms with Crippen molar-refractivity contribution in [3.63, 3.8) is 0 Å². The van der Waals surface area contributed by atoms with Crippen LogP contribution in [0.3, 0.4) is 0 Å². The van der Waals surface area contributed by atoms with Gasteiger partial charge in [0, 0.05) is 45.2 Å². The van der Waals surface area contributed by atoms with Crippen molar-refractivity contribution >= 4 is 17.7 Å². The summed E-state index contributed by atoms with van der Waals surface area (Å²) in [5.74, 6) is 2.65. The van der Waals surface area contributed by atoms with E-state index in [-0.39, 0.29) is 11.8 Å². The number of carbonyl (C=O) groups excluding carboxylic acids is 1. The van der Waals surface area contributed by atoms with Gasteiger partial charge in [0.2, 0.25) is 11.9 Å². The third-order valence-corrected chi connectivity index (χ3v) is 5.17. The molecule has 118 valence electrons. The second-order valence-corrected chi connectivity index (χ2v) is 6.89. The van der Waals surface area contributed by atoms with Crippen LogP contribution in [0.25, 0.3) is 0 Å². The Bertz CT molecular complexity index is 615. The van der Waals surface area contributed by atoms with E-state index in [1.165, 1.54) is 24.1 Å². The molecule has 3 aliphatic rings. The highest BCUT2D eigenvalue weighted by Crippen LogP contribution is 2.35. The molecule has 2 fully saturated rings. The highest BCUT2D eigenvalue weighted by atomic mass is 16.2. The average Bonchev–Trinajstić information content (AvgIpc) is 3.08. The van der Waals surface area contributed by atoms with Crippen molar-refractivity contribution in [2.75, 3.05) is 43.5 Å². The molecule has 0 radical (unpaired) electrons. The van der Waals surface area contributed by atoms with E-state index in [2.05, 4.69) is 10.2 Å². The van der Waals surface area contributed by atoms with E-state index < -0.39 is 0 Å². The van der Waals surface area contributed by atoms with Gasteiger partial charge in [0.25, 0.3) is 0 Å². The minimum absolute atomic E-state index is 0.136. The zero-order chi connectivity index (χ0) is 15.3. The summed E-state index contributed by atoms with van der Waals surface area (Å²) in [5, 5.41) is 2.98. The number of fused-ring (bicyclic) bond motifs is 2. The molecule has 1 N–H and O–H groups in total. The smallest absolute Gasteiger partial charge is 0.227 e. The third-order valence-electron chi connectivity index (χ3n) is 5.17. The summed E-state index contributed by atoms with van der Waals surface area (Å²) >= 11 is 0. The van der Waals surface area contributed by atoms with E-state index >= 15 is 0 Å². The van der Waals surface area contributed by atoms with Gasteiger partial charge in [-0.1, -0.05) is 0 Å². The number of anilines is 2. The van der Waals surface area contributed by atoms with Crippen LogP contribution in [0.4, 0.5) is 11.8 Å². The maximum absolute atomic E-state index is 11.9. The number of hydrogen-bond donors (Lipinski definition) is 1. The maximum atomic E-state index is 11.9. The summed E-state index contributed by atoms with van der Waals surface area (Å²) in [6, 6.07) is 0. The van der Waals surface area contributed by atoms with Crippen molar-refractivity contribution in [1.29, 1.82) is 0 Å². The number of carbonyl (C=O) groups is 1. The Kier molecular flexibility index (Phi) is 3.20. The summed E-state index contributed by atoms with van der Waals surface area (Å²) in [7, 11) is 3.97. The summed E-state index contributed by atoms with van der Waals surface area (Å²) in [4.78, 5) is 25.8. The maximum Gasteiger partial charge on any atom is 0.227 e. The molecule has 22 heavy (non-hydrogen) atoms. The first-order valence-electron chi connectivity index (χ1n) is 8.23. The number of nitrogens with one attached hydrogen (secondary N) is 1. The van der Waals surface area contributed by atoms with Crippen molar-refractivity contribution in [2.45, 2.75) is 25.7 Å². The van der Waals surface area contributed by atoms with E-state index in [0.29, 0.717) is 5.92 Å². The number of amides is 1. The highest BCUT2D eigenvalue weighted by molar-refractivity contribution is 5.83. The van der Waals surface area contributed by atoms with Crippen molar-refractivity contribution in [1.82, 2.24) is 15.3 Å². The first kappa shape index (κ1) is 13.8. The van der Waals surface area contributed by atoms with Crippen LogP contribution in [-0.4, -0.2) is 49.6 Å². The van der Waals surface area contributed by atoms with Crippen molar-refractivity contribution in [2.24, 2.45) is 11.8 Å². The summed E-state index contributed by atoms with van der Waals surface area (Å²) in [5.41, 5.74) is 2.53. The van der Waals surface area contributed by atoms with Gasteiger partial charge >= 0.3 is 0 Å². The fraction of sp³-hybridized carbons (Fsp3) is 0.688. The van der Waals surface area contributed by atoms with E-state index in [4.69, 9.17) is 9.97 Å². The van der Waals surface area contributed by atoms with Crippen LogP contribution in [0.15, 0.2) is 0 Å². The molecule has 0 spiro atoms. The topological polar surface area (TPSA) is 61.4 Å². The first-order valence-corrected chi connectivity index (χ1v) is 8.23. The van der Waals surface area contributed by atoms with Gasteiger partial charge in [0.05, 0.1) is 11.6 Å². The van der Waals surface area contributed by atoms with E-state index in [9.17, 15) is 4.79 Å². The Morgan fingerprint density at radius 2 is 2.00 bits per heavy atom. The number of nitrogens with zero attached hydrogens (tertiary/aromatic N) is 4. The quantitative estimate of drug-likeness (QED) is 0.867. The summed E-state index contributed by atoms with van der Waals surface area (Å²) in [6.45, 7) is 2.54. The number of aryl methyl sites for hydroxylation is 1. The predicted molar refractivity (Wildman–Crippen MR) is 85.2 cm³/mol.